The smallest absolute Gasteiger partial charge is 0.335 e. The molecule has 2 aromatic heterocycles. The summed E-state index contributed by atoms with van der Waals surface area (Å²) in [5.74, 6) is -0.183. The Balaban J connectivity index is 2.11. The van der Waals surface area contributed by atoms with Crippen molar-refractivity contribution in [2.45, 2.75) is 0 Å². The first kappa shape index (κ1) is 13.2. The number of fused-ring (bicyclic) bond motifs is 3. The minimum atomic E-state index is -1.01. The number of carboxylic acids is 1. The van der Waals surface area contributed by atoms with E-state index < -0.39 is 5.97 Å². The first-order chi connectivity index (χ1) is 11.1. The van der Waals surface area contributed by atoms with E-state index in [-0.39, 0.29) is 11.4 Å². The van der Waals surface area contributed by atoms with Gasteiger partial charge < -0.3 is 10.8 Å². The third-order valence-corrected chi connectivity index (χ3v) is 3.63. The van der Waals surface area contributed by atoms with E-state index in [1.165, 1.54) is 12.1 Å². The van der Waals surface area contributed by atoms with Crippen molar-refractivity contribution in [3.8, 4) is 11.4 Å². The zero-order valence-electron chi connectivity index (χ0n) is 11.8. The van der Waals surface area contributed by atoms with Crippen LogP contribution in [-0.4, -0.2) is 30.7 Å². The quantitative estimate of drug-likeness (QED) is 0.588. The first-order valence-electron chi connectivity index (χ1n) is 6.88. The number of aromatic carboxylic acids is 1. The van der Waals surface area contributed by atoms with E-state index in [2.05, 4.69) is 15.2 Å². The molecule has 0 radical (unpaired) electrons. The molecule has 0 aliphatic rings. The van der Waals surface area contributed by atoms with Gasteiger partial charge in [-0.15, -0.1) is 10.2 Å². The second-order valence-corrected chi connectivity index (χ2v) is 5.05. The number of anilines is 1. The van der Waals surface area contributed by atoms with Crippen molar-refractivity contribution in [1.29, 1.82) is 0 Å². The number of carboxylic acid groups (broad SMARTS) is 1. The Labute approximate surface area is 130 Å². The molecule has 0 unspecified atom stereocenters. The van der Waals surface area contributed by atoms with Gasteiger partial charge in [-0.2, -0.15) is 0 Å². The molecule has 4 aromatic rings. The summed E-state index contributed by atoms with van der Waals surface area (Å²) in [5.41, 5.74) is 8.61. The molecule has 0 aliphatic carbocycles. The highest BCUT2D eigenvalue weighted by Crippen LogP contribution is 2.25. The van der Waals surface area contributed by atoms with Crippen LogP contribution in [0.1, 0.15) is 10.4 Å². The summed E-state index contributed by atoms with van der Waals surface area (Å²) in [6.45, 7) is 0. The summed E-state index contributed by atoms with van der Waals surface area (Å²) in [6, 6.07) is 14.3. The van der Waals surface area contributed by atoms with Crippen molar-refractivity contribution in [2.24, 2.45) is 0 Å². The number of aromatic nitrogens is 4. The van der Waals surface area contributed by atoms with Gasteiger partial charge in [0.25, 0.3) is 0 Å². The lowest BCUT2D eigenvalue weighted by molar-refractivity contribution is 0.0697. The molecule has 2 aromatic carbocycles. The van der Waals surface area contributed by atoms with E-state index >= 15 is 0 Å². The molecule has 23 heavy (non-hydrogen) atoms. The molecular formula is C16H11N5O2. The molecule has 0 saturated heterocycles. The predicted octanol–water partition coefficient (Wildman–Crippen LogP) is 2.22. The fraction of sp³-hybridized carbons (Fsp3) is 0. The lowest BCUT2D eigenvalue weighted by atomic mass is 10.2. The second-order valence-electron chi connectivity index (χ2n) is 5.05. The standard InChI is InChI=1S/C16H11N5O2/c17-13-15-20-19-14(9-4-2-1-3-5-9)21(15)12-7-6-10(16(22)23)8-11(12)18-13/h1-8H,(H2,17,18)(H,22,23). The summed E-state index contributed by atoms with van der Waals surface area (Å²) in [5, 5.41) is 17.5. The van der Waals surface area contributed by atoms with Crippen LogP contribution in [0.25, 0.3) is 28.1 Å². The predicted molar refractivity (Wildman–Crippen MR) is 85.1 cm³/mol. The molecule has 0 saturated carbocycles. The molecule has 0 bridgehead atoms. The van der Waals surface area contributed by atoms with Gasteiger partial charge in [-0.1, -0.05) is 30.3 Å². The second kappa shape index (κ2) is 4.77. The number of nitrogens with zero attached hydrogens (tertiary/aromatic N) is 4. The SMILES string of the molecule is Nc1nc2cc(C(=O)O)ccc2n2c(-c3ccccc3)nnc12. The molecule has 3 N–H and O–H groups in total. The van der Waals surface area contributed by atoms with Crippen LogP contribution in [0, 0.1) is 0 Å². The van der Waals surface area contributed by atoms with Crippen LogP contribution in [0.3, 0.4) is 0 Å². The summed E-state index contributed by atoms with van der Waals surface area (Å²) in [6.07, 6.45) is 0. The van der Waals surface area contributed by atoms with Crippen molar-refractivity contribution >= 4 is 28.5 Å². The van der Waals surface area contributed by atoms with Gasteiger partial charge in [0.05, 0.1) is 16.6 Å². The monoisotopic (exact) mass is 305 g/mol. The van der Waals surface area contributed by atoms with Crippen LogP contribution in [0.5, 0.6) is 0 Å². The topological polar surface area (TPSA) is 106 Å². The fourth-order valence-corrected chi connectivity index (χ4v) is 2.57. The molecule has 112 valence electrons. The Morgan fingerprint density at radius 1 is 1.09 bits per heavy atom. The Morgan fingerprint density at radius 3 is 2.61 bits per heavy atom. The molecule has 7 nitrogen and oxygen atoms in total. The van der Waals surface area contributed by atoms with Gasteiger partial charge in [0.15, 0.2) is 11.6 Å². The third-order valence-electron chi connectivity index (χ3n) is 3.63. The summed E-state index contributed by atoms with van der Waals surface area (Å²) < 4.78 is 1.79. The highest BCUT2D eigenvalue weighted by Gasteiger charge is 2.15. The van der Waals surface area contributed by atoms with Crippen LogP contribution >= 0.6 is 0 Å². The number of rotatable bonds is 2. The number of carbonyl (C=O) groups is 1. The zero-order valence-corrected chi connectivity index (χ0v) is 11.8. The van der Waals surface area contributed by atoms with Gasteiger partial charge in [-0.25, -0.2) is 9.78 Å². The van der Waals surface area contributed by atoms with Gasteiger partial charge in [0, 0.05) is 5.56 Å². The maximum Gasteiger partial charge on any atom is 0.335 e. The van der Waals surface area contributed by atoms with Gasteiger partial charge in [0.1, 0.15) is 0 Å². The van der Waals surface area contributed by atoms with Crippen molar-refractivity contribution in [1.82, 2.24) is 19.6 Å². The van der Waals surface area contributed by atoms with Gasteiger partial charge in [-0.05, 0) is 18.2 Å². The number of hydrogen-bond acceptors (Lipinski definition) is 5. The zero-order chi connectivity index (χ0) is 16.0. The van der Waals surface area contributed by atoms with Crippen LogP contribution in [0.15, 0.2) is 48.5 Å². The van der Waals surface area contributed by atoms with Gasteiger partial charge in [-0.3, -0.25) is 4.40 Å². The normalized spacial score (nSPS) is 11.1. The summed E-state index contributed by atoms with van der Waals surface area (Å²) >= 11 is 0. The molecule has 0 fully saturated rings. The van der Waals surface area contributed by atoms with E-state index in [4.69, 9.17) is 10.8 Å². The molecule has 0 aliphatic heterocycles. The van der Waals surface area contributed by atoms with Crippen molar-refractivity contribution in [3.05, 3.63) is 54.1 Å². The van der Waals surface area contributed by atoms with Crippen LogP contribution in [0.4, 0.5) is 5.82 Å². The Kier molecular flexibility index (Phi) is 2.74. The van der Waals surface area contributed by atoms with E-state index in [0.717, 1.165) is 5.56 Å². The van der Waals surface area contributed by atoms with Crippen molar-refractivity contribution < 1.29 is 9.90 Å². The van der Waals surface area contributed by atoms with Crippen LogP contribution < -0.4 is 5.73 Å². The molecule has 0 spiro atoms. The van der Waals surface area contributed by atoms with Gasteiger partial charge in [0.2, 0.25) is 5.65 Å². The molecule has 7 heteroatoms. The van der Waals surface area contributed by atoms with Crippen molar-refractivity contribution in [2.75, 3.05) is 5.73 Å². The number of hydrogen-bond donors (Lipinski definition) is 2. The average molecular weight is 305 g/mol. The third kappa shape index (κ3) is 1.98. The molecular weight excluding hydrogens is 294 g/mol. The number of nitrogen functional groups attached to an aromatic ring is 1. The highest BCUT2D eigenvalue weighted by atomic mass is 16.4. The summed E-state index contributed by atoms with van der Waals surface area (Å²) in [7, 11) is 0. The lowest BCUT2D eigenvalue weighted by Crippen LogP contribution is -2.02. The van der Waals surface area contributed by atoms with E-state index in [9.17, 15) is 4.79 Å². The largest absolute Gasteiger partial charge is 0.478 e. The molecule has 0 atom stereocenters. The Hall–Kier alpha value is -3.48. The molecule has 0 amide bonds. The van der Waals surface area contributed by atoms with Crippen LogP contribution in [0.2, 0.25) is 0 Å². The highest BCUT2D eigenvalue weighted by molar-refractivity contribution is 5.94. The molecule has 2 heterocycles. The van der Waals surface area contributed by atoms with Crippen LogP contribution in [-0.2, 0) is 0 Å². The minimum absolute atomic E-state index is 0.151. The maximum absolute atomic E-state index is 11.1. The summed E-state index contributed by atoms with van der Waals surface area (Å²) in [4.78, 5) is 15.4. The van der Waals surface area contributed by atoms with E-state index in [1.54, 1.807) is 10.5 Å². The van der Waals surface area contributed by atoms with E-state index in [0.29, 0.717) is 22.5 Å². The maximum atomic E-state index is 11.1. The minimum Gasteiger partial charge on any atom is -0.478 e. The first-order valence-corrected chi connectivity index (χ1v) is 6.88. The lowest BCUT2D eigenvalue weighted by Gasteiger charge is -2.07. The van der Waals surface area contributed by atoms with Crippen molar-refractivity contribution in [3.63, 3.8) is 0 Å². The van der Waals surface area contributed by atoms with E-state index in [1.807, 2.05) is 30.3 Å². The Bertz CT molecular complexity index is 1060. The number of benzene rings is 2. The number of nitrogens with two attached hydrogens (primary N) is 1. The average Bonchev–Trinajstić information content (AvgIpc) is 3.01. The van der Waals surface area contributed by atoms with Gasteiger partial charge >= 0.3 is 5.97 Å². The molecule has 4 rings (SSSR count). The Morgan fingerprint density at radius 2 is 1.87 bits per heavy atom. The fourth-order valence-electron chi connectivity index (χ4n) is 2.57.